The Balaban J connectivity index is 2.18. The van der Waals surface area contributed by atoms with Gasteiger partial charge in [-0.2, -0.15) is 9.78 Å². The molecule has 0 spiro atoms. The first-order valence-electron chi connectivity index (χ1n) is 8.26. The van der Waals surface area contributed by atoms with Crippen LogP contribution in [0.3, 0.4) is 0 Å². The van der Waals surface area contributed by atoms with Crippen molar-refractivity contribution in [3.63, 3.8) is 0 Å². The Morgan fingerprint density at radius 3 is 2.62 bits per heavy atom. The number of rotatable bonds is 8. The molecule has 2 aromatic rings. The van der Waals surface area contributed by atoms with Crippen LogP contribution in [0.2, 0.25) is 0 Å². The van der Waals surface area contributed by atoms with Crippen molar-refractivity contribution in [1.82, 2.24) is 15.1 Å². The molecule has 2 rings (SSSR count). The highest BCUT2D eigenvalue weighted by Gasteiger charge is 2.17. The summed E-state index contributed by atoms with van der Waals surface area (Å²) < 4.78 is 24.6. The molecule has 7 nitrogen and oxygen atoms in total. The van der Waals surface area contributed by atoms with Gasteiger partial charge in [-0.15, -0.1) is 0 Å². The van der Waals surface area contributed by atoms with Crippen molar-refractivity contribution in [2.45, 2.75) is 26.4 Å². The van der Waals surface area contributed by atoms with Gasteiger partial charge in [0, 0.05) is 13.2 Å². The molecule has 1 amide bonds. The van der Waals surface area contributed by atoms with Gasteiger partial charge >= 0.3 is 0 Å². The molecule has 1 aromatic carbocycles. The van der Waals surface area contributed by atoms with E-state index in [9.17, 15) is 14.0 Å². The highest BCUT2D eigenvalue weighted by atomic mass is 19.1. The molecule has 0 aliphatic rings. The molecule has 8 heteroatoms. The molecular weight excluding hydrogens is 341 g/mol. The third-order valence-electron chi connectivity index (χ3n) is 3.46. The normalized spacial score (nSPS) is 10.8. The first-order chi connectivity index (χ1) is 12.4. The van der Waals surface area contributed by atoms with Crippen LogP contribution in [0.5, 0.6) is 5.75 Å². The lowest BCUT2D eigenvalue weighted by molar-refractivity contribution is 0.0756. The van der Waals surface area contributed by atoms with Gasteiger partial charge in [-0.3, -0.25) is 9.59 Å². The van der Waals surface area contributed by atoms with E-state index in [2.05, 4.69) is 10.4 Å². The van der Waals surface area contributed by atoms with E-state index in [0.29, 0.717) is 25.3 Å². The first-order valence-corrected chi connectivity index (χ1v) is 8.26. The summed E-state index contributed by atoms with van der Waals surface area (Å²) in [7, 11) is 1.35. The van der Waals surface area contributed by atoms with Crippen LogP contribution in [0.15, 0.2) is 35.1 Å². The summed E-state index contributed by atoms with van der Waals surface area (Å²) in [6, 6.07) is 6.40. The summed E-state index contributed by atoms with van der Waals surface area (Å²) in [4.78, 5) is 24.6. The van der Waals surface area contributed by atoms with Crippen molar-refractivity contribution in [2.75, 3.05) is 20.3 Å². The molecule has 0 radical (unpaired) electrons. The van der Waals surface area contributed by atoms with E-state index >= 15 is 0 Å². The zero-order valence-electron chi connectivity index (χ0n) is 15.0. The minimum Gasteiger partial charge on any atom is -0.494 e. The van der Waals surface area contributed by atoms with E-state index in [1.54, 1.807) is 0 Å². The second-order valence-electron chi connectivity index (χ2n) is 5.82. The van der Waals surface area contributed by atoms with Crippen LogP contribution in [0.25, 0.3) is 5.69 Å². The van der Waals surface area contributed by atoms with E-state index in [1.165, 1.54) is 37.4 Å². The lowest BCUT2D eigenvalue weighted by Crippen LogP contribution is -2.31. The molecule has 0 saturated heterocycles. The number of benzene rings is 1. The third kappa shape index (κ3) is 5.13. The van der Waals surface area contributed by atoms with Crippen molar-refractivity contribution in [2.24, 2.45) is 0 Å². The van der Waals surface area contributed by atoms with E-state index in [0.717, 1.165) is 4.68 Å². The van der Waals surface area contributed by atoms with Crippen LogP contribution >= 0.6 is 0 Å². The SMILES string of the molecule is COc1cc(=O)n(-c2ccc(F)cc2)nc1C(=O)NCCCOC(C)C. The highest BCUT2D eigenvalue weighted by Crippen LogP contribution is 2.14. The maximum Gasteiger partial charge on any atom is 0.275 e. The van der Waals surface area contributed by atoms with E-state index in [-0.39, 0.29) is 17.5 Å². The summed E-state index contributed by atoms with van der Waals surface area (Å²) in [5.74, 6) is -0.830. The third-order valence-corrected chi connectivity index (χ3v) is 3.46. The smallest absolute Gasteiger partial charge is 0.275 e. The molecule has 1 aromatic heterocycles. The Morgan fingerprint density at radius 1 is 1.31 bits per heavy atom. The predicted octanol–water partition coefficient (Wildman–Crippen LogP) is 1.93. The second kappa shape index (κ2) is 9.10. The molecule has 0 fully saturated rings. The summed E-state index contributed by atoms with van der Waals surface area (Å²) in [5.41, 5.74) is -0.171. The van der Waals surface area contributed by atoms with Gasteiger partial charge in [-0.25, -0.2) is 4.39 Å². The molecule has 0 bridgehead atoms. The number of halogens is 1. The lowest BCUT2D eigenvalue weighted by atomic mass is 10.3. The van der Waals surface area contributed by atoms with Gasteiger partial charge in [-0.1, -0.05) is 0 Å². The van der Waals surface area contributed by atoms with Crippen LogP contribution in [-0.4, -0.2) is 42.1 Å². The van der Waals surface area contributed by atoms with Crippen molar-refractivity contribution in [3.8, 4) is 11.4 Å². The Morgan fingerprint density at radius 2 is 2.00 bits per heavy atom. The molecular formula is C18H22FN3O4. The van der Waals surface area contributed by atoms with Crippen LogP contribution in [0.1, 0.15) is 30.8 Å². The number of nitrogens with one attached hydrogen (secondary N) is 1. The fourth-order valence-electron chi connectivity index (χ4n) is 2.20. The first kappa shape index (κ1) is 19.6. The fraction of sp³-hybridized carbons (Fsp3) is 0.389. The second-order valence-corrected chi connectivity index (χ2v) is 5.82. The molecule has 1 heterocycles. The molecule has 0 unspecified atom stereocenters. The van der Waals surface area contributed by atoms with E-state index < -0.39 is 17.3 Å². The number of hydrogen-bond acceptors (Lipinski definition) is 5. The quantitative estimate of drug-likeness (QED) is 0.725. The van der Waals surface area contributed by atoms with Crippen LogP contribution in [0, 0.1) is 5.82 Å². The van der Waals surface area contributed by atoms with Gasteiger partial charge in [0.1, 0.15) is 5.82 Å². The van der Waals surface area contributed by atoms with E-state index in [1.807, 2.05) is 13.8 Å². The van der Waals surface area contributed by atoms with Crippen molar-refractivity contribution < 1.29 is 18.7 Å². The molecule has 0 aliphatic heterocycles. The number of methoxy groups -OCH3 is 1. The maximum atomic E-state index is 13.1. The van der Waals surface area contributed by atoms with Crippen LogP contribution in [0.4, 0.5) is 4.39 Å². The number of amides is 1. The van der Waals surface area contributed by atoms with Gasteiger partial charge in [-0.05, 0) is 44.5 Å². The Bertz CT molecular complexity index is 803. The minimum atomic E-state index is -0.490. The Hall–Kier alpha value is -2.74. The molecule has 26 heavy (non-hydrogen) atoms. The number of ether oxygens (including phenoxy) is 2. The van der Waals surface area contributed by atoms with Crippen molar-refractivity contribution in [3.05, 3.63) is 52.2 Å². The van der Waals surface area contributed by atoms with Crippen LogP contribution in [-0.2, 0) is 4.74 Å². The lowest BCUT2D eigenvalue weighted by Gasteiger charge is -2.12. The summed E-state index contributed by atoms with van der Waals surface area (Å²) in [6.45, 7) is 4.79. The monoisotopic (exact) mass is 363 g/mol. The molecule has 0 aliphatic carbocycles. The van der Waals surface area contributed by atoms with Crippen LogP contribution < -0.4 is 15.6 Å². The standard InChI is InChI=1S/C18H22FN3O4/c1-12(2)26-10-4-9-20-18(24)17-15(25-3)11-16(23)22(21-17)14-7-5-13(19)6-8-14/h5-8,11-12H,4,9-10H2,1-3H3,(H,20,24). The molecule has 0 atom stereocenters. The van der Waals surface area contributed by atoms with Gasteiger partial charge in [0.25, 0.3) is 11.5 Å². The summed E-state index contributed by atoms with van der Waals surface area (Å²) in [5, 5.41) is 6.80. The fourth-order valence-corrected chi connectivity index (χ4v) is 2.20. The molecule has 0 saturated carbocycles. The molecule has 1 N–H and O–H groups in total. The summed E-state index contributed by atoms with van der Waals surface area (Å²) in [6.07, 6.45) is 0.774. The molecule has 140 valence electrons. The van der Waals surface area contributed by atoms with Gasteiger partial charge in [0.15, 0.2) is 11.4 Å². The number of aromatic nitrogens is 2. The van der Waals surface area contributed by atoms with Crippen molar-refractivity contribution >= 4 is 5.91 Å². The largest absolute Gasteiger partial charge is 0.494 e. The van der Waals surface area contributed by atoms with Gasteiger partial charge in [0.2, 0.25) is 0 Å². The number of nitrogens with zero attached hydrogens (tertiary/aromatic N) is 2. The zero-order chi connectivity index (χ0) is 19.1. The minimum absolute atomic E-state index is 0.0267. The predicted molar refractivity (Wildman–Crippen MR) is 94.4 cm³/mol. The van der Waals surface area contributed by atoms with E-state index in [4.69, 9.17) is 9.47 Å². The topological polar surface area (TPSA) is 82.5 Å². The number of carbonyl (C=O) groups is 1. The van der Waals surface area contributed by atoms with Gasteiger partial charge < -0.3 is 14.8 Å². The maximum absolute atomic E-state index is 13.1. The number of hydrogen-bond donors (Lipinski definition) is 1. The summed E-state index contributed by atoms with van der Waals surface area (Å²) >= 11 is 0. The number of carbonyl (C=O) groups excluding carboxylic acids is 1. The Labute approximate surface area is 150 Å². The van der Waals surface area contributed by atoms with Gasteiger partial charge in [0.05, 0.1) is 25.0 Å². The van der Waals surface area contributed by atoms with Crippen molar-refractivity contribution in [1.29, 1.82) is 0 Å². The average molecular weight is 363 g/mol. The Kier molecular flexibility index (Phi) is 6.85. The highest BCUT2D eigenvalue weighted by molar-refractivity contribution is 5.94. The zero-order valence-corrected chi connectivity index (χ0v) is 15.0. The average Bonchev–Trinajstić information content (AvgIpc) is 2.61.